The Labute approximate surface area is 147 Å². The van der Waals surface area contributed by atoms with Crippen LogP contribution in [0.25, 0.3) is 0 Å². The molecule has 0 radical (unpaired) electrons. The van der Waals surface area contributed by atoms with Gasteiger partial charge in [-0.05, 0) is 76.0 Å². The molecule has 24 heavy (non-hydrogen) atoms. The second-order valence-corrected chi connectivity index (χ2v) is 7.31. The van der Waals surface area contributed by atoms with Crippen LogP contribution in [0.2, 0.25) is 5.02 Å². The minimum Gasteiger partial charge on any atom is -0.326 e. The van der Waals surface area contributed by atoms with Crippen LogP contribution >= 0.6 is 11.6 Å². The Morgan fingerprint density at radius 1 is 1.33 bits per heavy atom. The van der Waals surface area contributed by atoms with E-state index in [9.17, 15) is 9.18 Å². The van der Waals surface area contributed by atoms with E-state index in [1.807, 2.05) is 0 Å². The molecule has 1 unspecified atom stereocenters. The highest BCUT2D eigenvalue weighted by molar-refractivity contribution is 6.31. The Bertz CT molecular complexity index is 569. The lowest BCUT2D eigenvalue weighted by molar-refractivity contribution is -0.121. The molecule has 0 saturated carbocycles. The molecule has 2 aliphatic heterocycles. The maximum atomic E-state index is 13.2. The van der Waals surface area contributed by atoms with Gasteiger partial charge in [0.2, 0.25) is 5.91 Å². The molecule has 132 valence electrons. The molecule has 1 aromatic rings. The van der Waals surface area contributed by atoms with Crippen LogP contribution in [0.3, 0.4) is 0 Å². The number of nitrogens with one attached hydrogen (secondary N) is 2. The summed E-state index contributed by atoms with van der Waals surface area (Å²) in [5.41, 5.74) is 0.558. The van der Waals surface area contributed by atoms with Crippen molar-refractivity contribution in [1.82, 2.24) is 10.2 Å². The van der Waals surface area contributed by atoms with Gasteiger partial charge in [0, 0.05) is 18.2 Å². The fourth-order valence-corrected chi connectivity index (χ4v) is 3.82. The molecule has 2 heterocycles. The number of piperidine rings is 2. The van der Waals surface area contributed by atoms with Crippen molar-refractivity contribution >= 4 is 23.2 Å². The van der Waals surface area contributed by atoms with E-state index in [-0.39, 0.29) is 16.8 Å². The number of carbonyl (C=O) groups excluding carboxylic acids is 1. The first-order valence-corrected chi connectivity index (χ1v) is 9.18. The normalized spacial score (nSPS) is 23.2. The van der Waals surface area contributed by atoms with Gasteiger partial charge < -0.3 is 15.5 Å². The van der Waals surface area contributed by atoms with Gasteiger partial charge in [-0.2, -0.15) is 0 Å². The van der Waals surface area contributed by atoms with Crippen molar-refractivity contribution in [2.75, 3.05) is 38.0 Å². The number of benzene rings is 1. The summed E-state index contributed by atoms with van der Waals surface area (Å²) in [6.45, 7) is 5.34. The molecule has 2 saturated heterocycles. The average Bonchev–Trinajstić information content (AvgIpc) is 2.60. The summed E-state index contributed by atoms with van der Waals surface area (Å²) in [5.74, 6) is 0.303. The van der Waals surface area contributed by atoms with E-state index in [1.165, 1.54) is 25.0 Å². The summed E-state index contributed by atoms with van der Waals surface area (Å²) < 4.78 is 13.2. The summed E-state index contributed by atoms with van der Waals surface area (Å²) in [4.78, 5) is 14.9. The smallest absolute Gasteiger partial charge is 0.227 e. The van der Waals surface area contributed by atoms with Crippen molar-refractivity contribution in [2.24, 2.45) is 11.8 Å². The van der Waals surface area contributed by atoms with Gasteiger partial charge in [-0.3, -0.25) is 4.79 Å². The zero-order chi connectivity index (χ0) is 16.9. The number of rotatable bonds is 4. The number of anilines is 1. The zero-order valence-electron chi connectivity index (χ0n) is 13.9. The van der Waals surface area contributed by atoms with Gasteiger partial charge in [-0.15, -0.1) is 0 Å². The van der Waals surface area contributed by atoms with Crippen LogP contribution in [0.4, 0.5) is 10.1 Å². The SMILES string of the molecule is O=C(Nc1ccc(F)c(Cl)c1)C1CCN(CC2CCCNC2)CC1. The Morgan fingerprint density at radius 3 is 2.79 bits per heavy atom. The number of carbonyl (C=O) groups is 1. The molecule has 0 spiro atoms. The van der Waals surface area contributed by atoms with Gasteiger partial charge in [0.1, 0.15) is 5.82 Å². The predicted octanol–water partition coefficient (Wildman–Crippen LogP) is 3.13. The van der Waals surface area contributed by atoms with Crippen molar-refractivity contribution in [2.45, 2.75) is 25.7 Å². The largest absolute Gasteiger partial charge is 0.326 e. The molecule has 1 aromatic carbocycles. The van der Waals surface area contributed by atoms with E-state index >= 15 is 0 Å². The topological polar surface area (TPSA) is 44.4 Å². The summed E-state index contributed by atoms with van der Waals surface area (Å²) >= 11 is 5.76. The third kappa shape index (κ3) is 4.68. The number of halogens is 2. The van der Waals surface area contributed by atoms with Gasteiger partial charge >= 0.3 is 0 Å². The maximum absolute atomic E-state index is 13.2. The molecule has 0 bridgehead atoms. The lowest BCUT2D eigenvalue weighted by Gasteiger charge is -2.35. The van der Waals surface area contributed by atoms with Crippen LogP contribution in [0, 0.1) is 17.7 Å². The molecule has 1 amide bonds. The molecule has 0 aromatic heterocycles. The zero-order valence-corrected chi connectivity index (χ0v) is 14.6. The highest BCUT2D eigenvalue weighted by Gasteiger charge is 2.26. The second kappa shape index (κ2) is 8.28. The van der Waals surface area contributed by atoms with Gasteiger partial charge in [0.15, 0.2) is 0 Å². The molecular weight excluding hydrogens is 329 g/mol. The van der Waals surface area contributed by atoms with Crippen molar-refractivity contribution in [3.05, 3.63) is 29.0 Å². The van der Waals surface area contributed by atoms with E-state index in [0.29, 0.717) is 5.69 Å². The maximum Gasteiger partial charge on any atom is 0.227 e. The van der Waals surface area contributed by atoms with Gasteiger partial charge in [0.25, 0.3) is 0 Å². The molecular formula is C18H25ClFN3O. The van der Waals surface area contributed by atoms with E-state index < -0.39 is 5.82 Å². The summed E-state index contributed by atoms with van der Waals surface area (Å²) in [6.07, 6.45) is 4.32. The van der Waals surface area contributed by atoms with Crippen molar-refractivity contribution in [3.8, 4) is 0 Å². The van der Waals surface area contributed by atoms with Crippen LogP contribution in [0.15, 0.2) is 18.2 Å². The first-order chi connectivity index (χ1) is 11.6. The molecule has 3 rings (SSSR count). The van der Waals surface area contributed by atoms with E-state index in [0.717, 1.165) is 51.5 Å². The Hall–Kier alpha value is -1.17. The summed E-state index contributed by atoms with van der Waals surface area (Å²) in [7, 11) is 0. The molecule has 2 N–H and O–H groups in total. The molecule has 0 aliphatic carbocycles. The monoisotopic (exact) mass is 353 g/mol. The van der Waals surface area contributed by atoms with Crippen LogP contribution in [0.5, 0.6) is 0 Å². The third-order valence-corrected chi connectivity index (χ3v) is 5.35. The molecule has 1 atom stereocenters. The van der Waals surface area contributed by atoms with E-state index in [2.05, 4.69) is 15.5 Å². The van der Waals surface area contributed by atoms with Crippen LogP contribution < -0.4 is 10.6 Å². The second-order valence-electron chi connectivity index (χ2n) is 6.91. The number of hydrogen-bond donors (Lipinski definition) is 2. The quantitative estimate of drug-likeness (QED) is 0.874. The number of nitrogens with zero attached hydrogens (tertiary/aromatic N) is 1. The first-order valence-electron chi connectivity index (χ1n) is 8.81. The lowest BCUT2D eigenvalue weighted by atomic mass is 9.93. The van der Waals surface area contributed by atoms with Gasteiger partial charge in [-0.25, -0.2) is 4.39 Å². The van der Waals surface area contributed by atoms with Gasteiger partial charge in [0.05, 0.1) is 5.02 Å². The highest BCUT2D eigenvalue weighted by Crippen LogP contribution is 2.23. The number of amides is 1. The van der Waals surface area contributed by atoms with Crippen LogP contribution in [0.1, 0.15) is 25.7 Å². The molecule has 6 heteroatoms. The van der Waals surface area contributed by atoms with Crippen LogP contribution in [-0.4, -0.2) is 43.5 Å². The average molecular weight is 354 g/mol. The minimum absolute atomic E-state index is 0.0108. The lowest BCUT2D eigenvalue weighted by Crippen LogP contribution is -2.43. The van der Waals surface area contributed by atoms with Crippen molar-refractivity contribution in [3.63, 3.8) is 0 Å². The van der Waals surface area contributed by atoms with Gasteiger partial charge in [-0.1, -0.05) is 11.6 Å². The molecule has 2 aliphatic rings. The fourth-order valence-electron chi connectivity index (χ4n) is 3.64. The van der Waals surface area contributed by atoms with Crippen LogP contribution in [-0.2, 0) is 4.79 Å². The number of likely N-dealkylation sites (tertiary alicyclic amines) is 1. The first kappa shape index (κ1) is 17.6. The molecule has 4 nitrogen and oxygen atoms in total. The predicted molar refractivity (Wildman–Crippen MR) is 94.8 cm³/mol. The third-order valence-electron chi connectivity index (χ3n) is 5.06. The molecule has 2 fully saturated rings. The minimum atomic E-state index is -0.472. The fraction of sp³-hybridized carbons (Fsp3) is 0.611. The van der Waals surface area contributed by atoms with E-state index in [4.69, 9.17) is 11.6 Å². The Morgan fingerprint density at radius 2 is 2.12 bits per heavy atom. The Kier molecular flexibility index (Phi) is 6.09. The van der Waals surface area contributed by atoms with Crippen molar-refractivity contribution < 1.29 is 9.18 Å². The Balaban J connectivity index is 1.45. The van der Waals surface area contributed by atoms with Crippen molar-refractivity contribution in [1.29, 1.82) is 0 Å². The van der Waals surface area contributed by atoms with E-state index in [1.54, 1.807) is 6.07 Å². The number of hydrogen-bond acceptors (Lipinski definition) is 3. The highest BCUT2D eigenvalue weighted by atomic mass is 35.5. The summed E-state index contributed by atoms with van der Waals surface area (Å²) in [6, 6.07) is 4.28. The standard InChI is InChI=1S/C18H25ClFN3O/c19-16-10-15(3-4-17(16)20)22-18(24)14-5-8-23(9-6-14)12-13-2-1-7-21-11-13/h3-4,10,13-14,21H,1-2,5-9,11-12H2,(H,22,24). The summed E-state index contributed by atoms with van der Waals surface area (Å²) in [5, 5.41) is 6.35.